The second-order valence-electron chi connectivity index (χ2n) is 9.10. The van der Waals surface area contributed by atoms with E-state index in [1.165, 1.54) is 38.5 Å². The molecule has 27 heavy (non-hydrogen) atoms. The number of primary amides is 1. The summed E-state index contributed by atoms with van der Waals surface area (Å²) in [6.45, 7) is 2.27. The number of methoxy groups -OCH3 is 1. The van der Waals surface area contributed by atoms with E-state index < -0.39 is 0 Å². The zero-order valence-electron chi connectivity index (χ0n) is 16.1. The van der Waals surface area contributed by atoms with Crippen molar-refractivity contribution < 1.29 is 9.53 Å². The zero-order valence-corrected chi connectivity index (χ0v) is 16.9. The van der Waals surface area contributed by atoms with Gasteiger partial charge in [-0.15, -0.1) is 12.4 Å². The van der Waals surface area contributed by atoms with Crippen LogP contribution in [0.4, 0.5) is 0 Å². The molecule has 1 saturated heterocycles. The average Bonchev–Trinajstić information content (AvgIpc) is 3.25. The number of hydrogen-bond donors (Lipinski definition) is 1. The summed E-state index contributed by atoms with van der Waals surface area (Å²) in [7, 11) is 1.86. The van der Waals surface area contributed by atoms with Gasteiger partial charge in [0.05, 0.1) is 0 Å². The van der Waals surface area contributed by atoms with Gasteiger partial charge in [0.25, 0.3) is 0 Å². The normalized spacial score (nSPS) is 40.1. The lowest BCUT2D eigenvalue weighted by molar-refractivity contribution is -0.174. The Morgan fingerprint density at radius 2 is 1.81 bits per heavy atom. The van der Waals surface area contributed by atoms with Gasteiger partial charge < -0.3 is 10.5 Å². The van der Waals surface area contributed by atoms with Crippen molar-refractivity contribution in [3.05, 3.63) is 35.4 Å². The van der Waals surface area contributed by atoms with Crippen molar-refractivity contribution in [2.75, 3.05) is 20.2 Å². The van der Waals surface area contributed by atoms with E-state index in [1.807, 2.05) is 25.3 Å². The second-order valence-corrected chi connectivity index (χ2v) is 9.10. The smallest absolute Gasteiger partial charge is 0.248 e. The Hall–Kier alpha value is -1.10. The topological polar surface area (TPSA) is 55.6 Å². The highest BCUT2D eigenvalue weighted by Crippen LogP contribution is 2.56. The van der Waals surface area contributed by atoms with Crippen LogP contribution < -0.4 is 5.73 Å². The highest BCUT2D eigenvalue weighted by molar-refractivity contribution is 5.92. The SMILES string of the molecule is COC1(c2cccc(C(N)=O)c2)C2CCCC1CN(C1C[C@@H]3C[C@@H]3C1)C2.Cl. The van der Waals surface area contributed by atoms with Crippen molar-refractivity contribution in [3.8, 4) is 0 Å². The van der Waals surface area contributed by atoms with E-state index in [9.17, 15) is 4.79 Å². The van der Waals surface area contributed by atoms with Gasteiger partial charge in [0.15, 0.2) is 0 Å². The van der Waals surface area contributed by atoms with Crippen molar-refractivity contribution >= 4 is 18.3 Å². The summed E-state index contributed by atoms with van der Waals surface area (Å²) in [5.74, 6) is 2.70. The van der Waals surface area contributed by atoms with E-state index in [-0.39, 0.29) is 23.9 Å². The molecule has 1 heterocycles. The molecule has 4 aliphatic rings. The first kappa shape index (κ1) is 19.2. The molecule has 1 aromatic rings. The van der Waals surface area contributed by atoms with Crippen LogP contribution in [-0.4, -0.2) is 37.0 Å². The molecule has 5 rings (SSSR count). The van der Waals surface area contributed by atoms with Crippen LogP contribution in [0, 0.1) is 23.7 Å². The number of nitrogens with two attached hydrogens (primary N) is 1. The molecule has 0 spiro atoms. The molecule has 4 nitrogen and oxygen atoms in total. The summed E-state index contributed by atoms with van der Waals surface area (Å²) < 4.78 is 6.33. The Labute approximate surface area is 168 Å². The van der Waals surface area contributed by atoms with Gasteiger partial charge >= 0.3 is 0 Å². The number of nitrogens with zero attached hydrogens (tertiary/aromatic N) is 1. The fourth-order valence-electron chi connectivity index (χ4n) is 6.58. The minimum absolute atomic E-state index is 0. The first-order chi connectivity index (χ1) is 12.6. The van der Waals surface area contributed by atoms with Crippen molar-refractivity contribution in [2.24, 2.45) is 29.4 Å². The fourth-order valence-corrected chi connectivity index (χ4v) is 6.58. The summed E-state index contributed by atoms with van der Waals surface area (Å²) in [6, 6.07) is 8.70. The number of fused-ring (bicyclic) bond motifs is 3. The third-order valence-corrected chi connectivity index (χ3v) is 7.90. The van der Waals surface area contributed by atoms with Crippen LogP contribution in [0.5, 0.6) is 0 Å². The number of amides is 1. The van der Waals surface area contributed by atoms with Gasteiger partial charge in [-0.25, -0.2) is 0 Å². The molecule has 3 saturated carbocycles. The van der Waals surface area contributed by atoms with Crippen molar-refractivity contribution in [1.82, 2.24) is 4.90 Å². The molecule has 3 unspecified atom stereocenters. The number of hydrogen-bond acceptors (Lipinski definition) is 3. The van der Waals surface area contributed by atoms with Crippen LogP contribution in [0.15, 0.2) is 24.3 Å². The number of piperidine rings is 1. The number of likely N-dealkylation sites (tertiary alicyclic amines) is 1. The molecule has 0 radical (unpaired) electrons. The Bertz CT molecular complexity index is 700. The lowest BCUT2D eigenvalue weighted by atomic mass is 9.62. The van der Waals surface area contributed by atoms with Gasteiger partial charge in [0.1, 0.15) is 5.60 Å². The number of benzene rings is 1. The van der Waals surface area contributed by atoms with E-state index in [0.717, 1.165) is 36.5 Å². The number of rotatable bonds is 4. The van der Waals surface area contributed by atoms with Crippen LogP contribution in [0.3, 0.4) is 0 Å². The summed E-state index contributed by atoms with van der Waals surface area (Å²) in [6.07, 6.45) is 8.03. The van der Waals surface area contributed by atoms with Crippen LogP contribution in [0.25, 0.3) is 0 Å². The molecule has 0 aromatic heterocycles. The third kappa shape index (κ3) is 3.01. The maximum atomic E-state index is 11.7. The molecule has 1 amide bonds. The lowest BCUT2D eigenvalue weighted by Crippen LogP contribution is -2.60. The third-order valence-electron chi connectivity index (χ3n) is 7.90. The summed E-state index contributed by atoms with van der Waals surface area (Å²) >= 11 is 0. The first-order valence-corrected chi connectivity index (χ1v) is 10.3. The number of carbonyl (C=O) groups is 1. The monoisotopic (exact) mass is 390 g/mol. The van der Waals surface area contributed by atoms with Gasteiger partial charge in [0.2, 0.25) is 5.91 Å². The number of ether oxygens (including phenoxy) is 1. The molecule has 4 fully saturated rings. The first-order valence-electron chi connectivity index (χ1n) is 10.3. The molecule has 2 bridgehead atoms. The predicted octanol–water partition coefficient (Wildman–Crippen LogP) is 3.58. The maximum Gasteiger partial charge on any atom is 0.248 e. The zero-order chi connectivity index (χ0) is 17.9. The Balaban J connectivity index is 0.00000180. The van der Waals surface area contributed by atoms with Gasteiger partial charge in [0, 0.05) is 43.6 Å². The molecular weight excluding hydrogens is 360 g/mol. The molecule has 5 atom stereocenters. The molecule has 148 valence electrons. The number of halogens is 1. The minimum atomic E-state index is -0.356. The minimum Gasteiger partial charge on any atom is -0.373 e. The van der Waals surface area contributed by atoms with Gasteiger partial charge in [-0.1, -0.05) is 18.6 Å². The van der Waals surface area contributed by atoms with E-state index >= 15 is 0 Å². The quantitative estimate of drug-likeness (QED) is 0.854. The highest BCUT2D eigenvalue weighted by Gasteiger charge is 2.56. The molecule has 1 aliphatic heterocycles. The summed E-state index contributed by atoms with van der Waals surface area (Å²) in [4.78, 5) is 14.5. The standard InChI is InChI=1S/C22H30N2O2.ClH/c1-26-22(17-5-2-4-14(9-17)21(23)25)18-6-3-7-19(22)13-24(12-18)20-10-15-8-16(15)11-20;/h2,4-5,9,15-16,18-20H,3,6-8,10-13H2,1H3,(H2,23,25);1H/t15-,16+,18?,19?,20?,22?;. The van der Waals surface area contributed by atoms with Crippen molar-refractivity contribution in [3.63, 3.8) is 0 Å². The fraction of sp³-hybridized carbons (Fsp3) is 0.682. The van der Waals surface area contributed by atoms with Crippen molar-refractivity contribution in [1.29, 1.82) is 0 Å². The van der Waals surface area contributed by atoms with E-state index in [0.29, 0.717) is 17.4 Å². The van der Waals surface area contributed by atoms with Crippen LogP contribution in [-0.2, 0) is 10.3 Å². The number of carbonyl (C=O) groups excluding carboxylic acids is 1. The molecule has 2 N–H and O–H groups in total. The van der Waals surface area contributed by atoms with Crippen LogP contribution in [0.2, 0.25) is 0 Å². The Morgan fingerprint density at radius 3 is 2.41 bits per heavy atom. The van der Waals surface area contributed by atoms with Crippen LogP contribution >= 0.6 is 12.4 Å². The highest BCUT2D eigenvalue weighted by atomic mass is 35.5. The summed E-state index contributed by atoms with van der Waals surface area (Å²) in [5, 5.41) is 0. The van der Waals surface area contributed by atoms with Gasteiger partial charge in [-0.05, 0) is 61.6 Å². The molecule has 1 aromatic carbocycles. The predicted molar refractivity (Wildman–Crippen MR) is 108 cm³/mol. The van der Waals surface area contributed by atoms with Gasteiger partial charge in [-0.3, -0.25) is 9.69 Å². The van der Waals surface area contributed by atoms with Crippen molar-refractivity contribution in [2.45, 2.75) is 50.2 Å². The molecular formula is C22H31ClN2O2. The van der Waals surface area contributed by atoms with E-state index in [4.69, 9.17) is 10.5 Å². The maximum absolute atomic E-state index is 11.7. The summed E-state index contributed by atoms with van der Waals surface area (Å²) in [5.41, 5.74) is 7.03. The largest absolute Gasteiger partial charge is 0.373 e. The molecule has 3 aliphatic carbocycles. The van der Waals surface area contributed by atoms with E-state index in [2.05, 4.69) is 11.0 Å². The average molecular weight is 391 g/mol. The van der Waals surface area contributed by atoms with E-state index in [1.54, 1.807) is 0 Å². The Kier molecular flexibility index (Phi) is 5.02. The molecule has 5 heteroatoms. The van der Waals surface area contributed by atoms with Crippen LogP contribution in [0.1, 0.15) is 54.4 Å². The Morgan fingerprint density at radius 1 is 1.15 bits per heavy atom. The lowest BCUT2D eigenvalue weighted by Gasteiger charge is -2.56. The van der Waals surface area contributed by atoms with Gasteiger partial charge in [-0.2, -0.15) is 0 Å². The second kappa shape index (κ2) is 7.06.